The maximum Gasteiger partial charge on any atom is 0.228 e. The van der Waals surface area contributed by atoms with Gasteiger partial charge in [0.2, 0.25) is 5.88 Å². The fraction of sp³-hybridized carbons (Fsp3) is 0.600. The van der Waals surface area contributed by atoms with Crippen LogP contribution in [-0.2, 0) is 0 Å². The Labute approximate surface area is 118 Å². The van der Waals surface area contributed by atoms with Crippen molar-refractivity contribution in [1.82, 2.24) is 10.3 Å². The monoisotopic (exact) mass is 276 g/mol. The first-order chi connectivity index (χ1) is 9.60. The number of rotatable bonds is 2. The van der Waals surface area contributed by atoms with Crippen molar-refractivity contribution in [2.75, 3.05) is 13.1 Å². The van der Waals surface area contributed by atoms with Crippen LogP contribution in [0, 0.1) is 0 Å². The summed E-state index contributed by atoms with van der Waals surface area (Å²) in [5.74, 6) is 1.09. The van der Waals surface area contributed by atoms with Crippen LogP contribution in [0.3, 0.4) is 0 Å². The molecule has 0 aromatic carbocycles. The van der Waals surface area contributed by atoms with Crippen molar-refractivity contribution in [2.45, 2.75) is 44.8 Å². The molecule has 1 N–H and O–H groups in total. The fourth-order valence-electron chi connectivity index (χ4n) is 2.89. The summed E-state index contributed by atoms with van der Waals surface area (Å²) in [4.78, 5) is 16.7. The van der Waals surface area contributed by atoms with E-state index in [1.165, 1.54) is 0 Å². The third kappa shape index (κ3) is 2.38. The van der Waals surface area contributed by atoms with Crippen LogP contribution < -0.4 is 14.8 Å². The maximum absolute atomic E-state index is 12.5. The summed E-state index contributed by atoms with van der Waals surface area (Å²) >= 11 is 0. The Hall–Kier alpha value is -1.62. The highest BCUT2D eigenvalue weighted by Gasteiger charge is 2.42. The minimum atomic E-state index is -0.341. The van der Waals surface area contributed by atoms with Crippen LogP contribution in [0.5, 0.6) is 11.6 Å². The lowest BCUT2D eigenvalue weighted by Crippen LogP contribution is -2.49. The number of nitrogens with one attached hydrogen (secondary N) is 1. The van der Waals surface area contributed by atoms with E-state index in [-0.39, 0.29) is 17.5 Å². The molecule has 20 heavy (non-hydrogen) atoms. The van der Waals surface area contributed by atoms with E-state index in [0.717, 1.165) is 25.9 Å². The number of hydrogen-bond donors (Lipinski definition) is 1. The molecule has 0 atom stereocenters. The molecule has 2 aliphatic rings. The molecule has 0 bridgehead atoms. The van der Waals surface area contributed by atoms with Gasteiger partial charge >= 0.3 is 0 Å². The van der Waals surface area contributed by atoms with E-state index < -0.39 is 0 Å². The van der Waals surface area contributed by atoms with Crippen LogP contribution in [0.15, 0.2) is 12.3 Å². The molecule has 1 aromatic rings. The first-order valence-electron chi connectivity index (χ1n) is 7.18. The van der Waals surface area contributed by atoms with Crippen molar-refractivity contribution in [3.63, 3.8) is 0 Å². The molecule has 5 nitrogen and oxygen atoms in total. The lowest BCUT2D eigenvalue weighted by molar-refractivity contribution is 0.0178. The molecule has 0 radical (unpaired) electrons. The molecular formula is C15H20N2O3. The van der Waals surface area contributed by atoms with Gasteiger partial charge in [-0.2, -0.15) is 0 Å². The van der Waals surface area contributed by atoms with Crippen molar-refractivity contribution in [1.29, 1.82) is 0 Å². The van der Waals surface area contributed by atoms with Gasteiger partial charge in [0.25, 0.3) is 0 Å². The highest BCUT2D eigenvalue weighted by molar-refractivity contribution is 6.02. The number of fused-ring (bicyclic) bond motifs is 1. The van der Waals surface area contributed by atoms with Gasteiger partial charge in [-0.05, 0) is 33.0 Å². The van der Waals surface area contributed by atoms with E-state index in [9.17, 15) is 4.79 Å². The van der Waals surface area contributed by atoms with E-state index in [1.807, 2.05) is 13.8 Å². The van der Waals surface area contributed by atoms with Crippen molar-refractivity contribution in [3.8, 4) is 11.6 Å². The maximum atomic E-state index is 12.5. The van der Waals surface area contributed by atoms with Crippen molar-refractivity contribution in [3.05, 3.63) is 17.8 Å². The highest BCUT2D eigenvalue weighted by atomic mass is 16.5. The van der Waals surface area contributed by atoms with E-state index in [4.69, 9.17) is 9.47 Å². The highest BCUT2D eigenvalue weighted by Crippen LogP contribution is 2.41. The molecule has 1 spiro atoms. The Bertz CT molecular complexity index is 522. The summed E-state index contributed by atoms with van der Waals surface area (Å²) in [6.07, 6.45) is 3.77. The molecule has 108 valence electrons. The number of aromatic nitrogens is 1. The Morgan fingerprint density at radius 2 is 2.15 bits per heavy atom. The first kappa shape index (κ1) is 13.4. The van der Waals surface area contributed by atoms with Crippen LogP contribution in [0.4, 0.5) is 0 Å². The molecule has 0 saturated carbocycles. The molecule has 3 heterocycles. The zero-order valence-electron chi connectivity index (χ0n) is 11.9. The number of carbonyl (C=O) groups excluding carboxylic acids is 1. The zero-order chi connectivity index (χ0) is 14.2. The van der Waals surface area contributed by atoms with Gasteiger partial charge < -0.3 is 14.8 Å². The van der Waals surface area contributed by atoms with Gasteiger partial charge in [0.05, 0.1) is 12.5 Å². The number of ketones is 1. The number of hydrogen-bond acceptors (Lipinski definition) is 5. The average molecular weight is 276 g/mol. The number of piperidine rings is 1. The molecule has 0 aliphatic carbocycles. The molecule has 0 amide bonds. The topological polar surface area (TPSA) is 60.5 Å². The summed E-state index contributed by atoms with van der Waals surface area (Å²) in [6, 6.07) is 1.77. The minimum Gasteiger partial charge on any atom is -0.486 e. The van der Waals surface area contributed by atoms with Gasteiger partial charge in [-0.3, -0.25) is 4.79 Å². The van der Waals surface area contributed by atoms with Crippen LogP contribution in [0.25, 0.3) is 0 Å². The van der Waals surface area contributed by atoms with Crippen LogP contribution in [0.2, 0.25) is 0 Å². The summed E-state index contributed by atoms with van der Waals surface area (Å²) in [5.41, 5.74) is 0.163. The molecule has 0 unspecified atom stereocenters. The summed E-state index contributed by atoms with van der Waals surface area (Å²) in [7, 11) is 0. The lowest BCUT2D eigenvalue weighted by Gasteiger charge is -2.40. The van der Waals surface area contributed by atoms with E-state index in [2.05, 4.69) is 10.3 Å². The minimum absolute atomic E-state index is 0.0171. The average Bonchev–Trinajstić information content (AvgIpc) is 2.38. The molecule has 1 fully saturated rings. The normalized spacial score (nSPS) is 20.6. The van der Waals surface area contributed by atoms with Gasteiger partial charge in [0.1, 0.15) is 16.9 Å². The zero-order valence-corrected chi connectivity index (χ0v) is 11.9. The number of nitrogens with zero attached hydrogens (tertiary/aromatic N) is 1. The molecule has 3 rings (SSSR count). The van der Waals surface area contributed by atoms with Gasteiger partial charge in [-0.25, -0.2) is 4.98 Å². The SMILES string of the molecule is CC(C)Oc1nccc2c1C(=O)CC1(CCNCC1)O2. The second-order valence-electron chi connectivity index (χ2n) is 5.79. The molecule has 1 aromatic heterocycles. The van der Waals surface area contributed by atoms with Gasteiger partial charge in [0.15, 0.2) is 5.78 Å². The van der Waals surface area contributed by atoms with E-state index >= 15 is 0 Å². The quantitative estimate of drug-likeness (QED) is 0.894. The van der Waals surface area contributed by atoms with Crippen molar-refractivity contribution >= 4 is 5.78 Å². The third-order valence-corrected chi connectivity index (χ3v) is 3.83. The Morgan fingerprint density at radius 3 is 2.85 bits per heavy atom. The number of Topliss-reactive ketones (excluding diaryl/α,β-unsaturated/α-hetero) is 1. The summed E-state index contributed by atoms with van der Waals surface area (Å²) in [5, 5.41) is 3.30. The molecular weight excluding hydrogens is 256 g/mol. The van der Waals surface area contributed by atoms with Crippen molar-refractivity contribution in [2.24, 2.45) is 0 Å². The fourth-order valence-corrected chi connectivity index (χ4v) is 2.89. The Kier molecular flexibility index (Phi) is 3.38. The smallest absolute Gasteiger partial charge is 0.228 e. The molecule has 2 aliphatic heterocycles. The third-order valence-electron chi connectivity index (χ3n) is 3.83. The predicted molar refractivity (Wildman–Crippen MR) is 74.4 cm³/mol. The number of carbonyl (C=O) groups is 1. The Balaban J connectivity index is 1.95. The second-order valence-corrected chi connectivity index (χ2v) is 5.79. The predicted octanol–water partition coefficient (Wildman–Crippen LogP) is 1.96. The summed E-state index contributed by atoms with van der Waals surface area (Å²) < 4.78 is 11.8. The van der Waals surface area contributed by atoms with Crippen LogP contribution in [-0.4, -0.2) is 35.6 Å². The van der Waals surface area contributed by atoms with Gasteiger partial charge in [-0.15, -0.1) is 0 Å². The largest absolute Gasteiger partial charge is 0.486 e. The molecule has 5 heteroatoms. The van der Waals surface area contributed by atoms with Gasteiger partial charge in [-0.1, -0.05) is 0 Å². The van der Waals surface area contributed by atoms with E-state index in [1.54, 1.807) is 12.3 Å². The number of ether oxygens (including phenoxy) is 2. The Morgan fingerprint density at radius 1 is 1.40 bits per heavy atom. The van der Waals surface area contributed by atoms with Gasteiger partial charge in [0, 0.05) is 19.0 Å². The first-order valence-corrected chi connectivity index (χ1v) is 7.18. The number of pyridine rings is 1. The van der Waals surface area contributed by atoms with Crippen LogP contribution >= 0.6 is 0 Å². The standard InChI is InChI=1S/C15H20N2O3/c1-10(2)19-14-13-11(18)9-15(4-7-16-8-5-15)20-12(13)3-6-17-14/h3,6,10,16H,4-5,7-9H2,1-2H3. The molecule has 1 saturated heterocycles. The van der Waals surface area contributed by atoms with Crippen LogP contribution in [0.1, 0.15) is 43.5 Å². The second kappa shape index (κ2) is 5.05. The lowest BCUT2D eigenvalue weighted by atomic mass is 9.83. The summed E-state index contributed by atoms with van der Waals surface area (Å²) in [6.45, 7) is 5.62. The van der Waals surface area contributed by atoms with Crippen molar-refractivity contribution < 1.29 is 14.3 Å². The van der Waals surface area contributed by atoms with E-state index in [0.29, 0.717) is 23.6 Å².